The van der Waals surface area contributed by atoms with Gasteiger partial charge in [0.15, 0.2) is 5.82 Å². The number of carboxylic acids is 1. The number of H-pyrrole nitrogens is 1. The van der Waals surface area contributed by atoms with Crippen LogP contribution in [0, 0.1) is 0 Å². The topological polar surface area (TPSA) is 88.1 Å². The van der Waals surface area contributed by atoms with Crippen molar-refractivity contribution >= 4 is 17.7 Å². The minimum atomic E-state index is -0.932. The van der Waals surface area contributed by atoms with Crippen molar-refractivity contribution in [3.63, 3.8) is 0 Å². The lowest BCUT2D eigenvalue weighted by atomic mass is 10.1. The molecule has 2 aromatic carbocycles. The second-order valence-corrected chi connectivity index (χ2v) is 5.90. The van der Waals surface area contributed by atoms with Crippen LogP contribution in [0.3, 0.4) is 0 Å². The summed E-state index contributed by atoms with van der Waals surface area (Å²) in [7, 11) is 1.61. The van der Waals surface area contributed by atoms with Crippen LogP contribution in [0.4, 0.5) is 0 Å². The molecule has 0 saturated heterocycles. The smallest absolute Gasteiger partial charge is 0.335 e. The molecule has 0 bridgehead atoms. The molecule has 122 valence electrons. The molecule has 0 spiro atoms. The van der Waals surface area contributed by atoms with Crippen LogP contribution in [0.25, 0.3) is 11.4 Å². The van der Waals surface area contributed by atoms with E-state index in [4.69, 9.17) is 9.84 Å². The lowest BCUT2D eigenvalue weighted by molar-refractivity contribution is 0.0697. The Bertz CT molecular complexity index is 864. The highest BCUT2D eigenvalue weighted by Gasteiger charge is 2.11. The van der Waals surface area contributed by atoms with Crippen LogP contribution >= 0.6 is 11.8 Å². The zero-order chi connectivity index (χ0) is 16.9. The van der Waals surface area contributed by atoms with Crippen LogP contribution in [-0.4, -0.2) is 33.4 Å². The Balaban J connectivity index is 1.73. The summed E-state index contributed by atoms with van der Waals surface area (Å²) < 4.78 is 5.32. The summed E-state index contributed by atoms with van der Waals surface area (Å²) in [6.45, 7) is 0. The molecule has 6 nitrogen and oxygen atoms in total. The van der Waals surface area contributed by atoms with E-state index in [0.29, 0.717) is 16.7 Å². The molecule has 3 aromatic rings. The first-order valence-corrected chi connectivity index (χ1v) is 8.17. The first kappa shape index (κ1) is 16.1. The monoisotopic (exact) mass is 341 g/mol. The molecule has 0 radical (unpaired) electrons. The van der Waals surface area contributed by atoms with E-state index in [9.17, 15) is 4.79 Å². The average Bonchev–Trinajstić information content (AvgIpc) is 3.09. The molecule has 0 fully saturated rings. The lowest BCUT2D eigenvalue weighted by Gasteiger charge is -2.04. The van der Waals surface area contributed by atoms with E-state index in [2.05, 4.69) is 15.2 Å². The third kappa shape index (κ3) is 3.57. The van der Waals surface area contributed by atoms with Crippen molar-refractivity contribution < 1.29 is 14.6 Å². The average molecular weight is 341 g/mol. The number of methoxy groups -OCH3 is 1. The van der Waals surface area contributed by atoms with Gasteiger partial charge < -0.3 is 9.84 Å². The molecular weight excluding hydrogens is 326 g/mol. The molecule has 0 atom stereocenters. The Morgan fingerprint density at radius 1 is 1.25 bits per heavy atom. The minimum absolute atomic E-state index is 0.276. The van der Waals surface area contributed by atoms with Crippen LogP contribution in [-0.2, 0) is 5.75 Å². The van der Waals surface area contributed by atoms with Crippen molar-refractivity contribution in [2.24, 2.45) is 0 Å². The van der Waals surface area contributed by atoms with Gasteiger partial charge in [-0.25, -0.2) is 9.78 Å². The highest BCUT2D eigenvalue weighted by Crippen LogP contribution is 2.28. The number of carbonyl (C=O) groups is 1. The second kappa shape index (κ2) is 7.18. The highest BCUT2D eigenvalue weighted by atomic mass is 32.2. The summed E-state index contributed by atoms with van der Waals surface area (Å²) in [4.78, 5) is 15.5. The van der Waals surface area contributed by atoms with Gasteiger partial charge in [-0.1, -0.05) is 36.0 Å². The van der Waals surface area contributed by atoms with E-state index in [1.807, 2.05) is 30.3 Å². The first-order valence-electron chi connectivity index (χ1n) is 7.18. The van der Waals surface area contributed by atoms with Crippen LogP contribution < -0.4 is 4.74 Å². The van der Waals surface area contributed by atoms with E-state index in [0.717, 1.165) is 16.9 Å². The highest BCUT2D eigenvalue weighted by molar-refractivity contribution is 7.98. The van der Waals surface area contributed by atoms with Crippen molar-refractivity contribution in [2.75, 3.05) is 7.11 Å². The number of nitrogens with zero attached hydrogens (tertiary/aromatic N) is 2. The molecule has 0 aliphatic heterocycles. The number of hydrogen-bond donors (Lipinski definition) is 2. The quantitative estimate of drug-likeness (QED) is 0.668. The Morgan fingerprint density at radius 2 is 2.08 bits per heavy atom. The van der Waals surface area contributed by atoms with Gasteiger partial charge in [0.25, 0.3) is 0 Å². The van der Waals surface area contributed by atoms with Gasteiger partial charge in [0.2, 0.25) is 5.16 Å². The number of benzene rings is 2. The first-order chi connectivity index (χ1) is 11.7. The number of carboxylic acid groups (broad SMARTS) is 1. The predicted octanol–water partition coefficient (Wildman–Crippen LogP) is 3.47. The Morgan fingerprint density at radius 3 is 2.88 bits per heavy atom. The van der Waals surface area contributed by atoms with Gasteiger partial charge in [-0.2, -0.15) is 0 Å². The van der Waals surface area contributed by atoms with Gasteiger partial charge in [0.1, 0.15) is 5.75 Å². The van der Waals surface area contributed by atoms with Gasteiger partial charge in [0, 0.05) is 5.75 Å². The number of thioether (sulfide) groups is 1. The number of hydrogen-bond acceptors (Lipinski definition) is 5. The third-order valence-electron chi connectivity index (χ3n) is 3.37. The van der Waals surface area contributed by atoms with E-state index in [1.54, 1.807) is 25.3 Å². The van der Waals surface area contributed by atoms with E-state index in [-0.39, 0.29) is 5.56 Å². The van der Waals surface area contributed by atoms with Crippen molar-refractivity contribution in [1.82, 2.24) is 15.2 Å². The number of nitrogens with one attached hydrogen (secondary N) is 1. The van der Waals surface area contributed by atoms with Crippen molar-refractivity contribution in [3.8, 4) is 17.1 Å². The lowest BCUT2D eigenvalue weighted by Crippen LogP contribution is -1.96. The fourth-order valence-electron chi connectivity index (χ4n) is 2.21. The minimum Gasteiger partial charge on any atom is -0.496 e. The van der Waals surface area contributed by atoms with Gasteiger partial charge in [0.05, 0.1) is 18.2 Å². The molecule has 1 aromatic heterocycles. The van der Waals surface area contributed by atoms with E-state index in [1.165, 1.54) is 11.8 Å². The van der Waals surface area contributed by atoms with Gasteiger partial charge >= 0.3 is 5.97 Å². The molecule has 0 amide bonds. The number of rotatable bonds is 6. The van der Waals surface area contributed by atoms with Gasteiger partial charge in [-0.3, -0.25) is 5.10 Å². The number of aromatic carboxylic acids is 1. The van der Waals surface area contributed by atoms with Gasteiger partial charge in [-0.15, -0.1) is 5.10 Å². The number of ether oxygens (including phenoxy) is 1. The van der Waals surface area contributed by atoms with Gasteiger partial charge in [-0.05, 0) is 29.8 Å². The maximum Gasteiger partial charge on any atom is 0.335 e. The predicted molar refractivity (Wildman–Crippen MR) is 91.3 cm³/mol. The molecule has 0 saturated carbocycles. The van der Waals surface area contributed by atoms with Crippen LogP contribution in [0.15, 0.2) is 53.7 Å². The summed E-state index contributed by atoms with van der Waals surface area (Å²) in [6, 6.07) is 14.4. The number of aromatic amines is 1. The molecule has 0 unspecified atom stereocenters. The Kier molecular flexibility index (Phi) is 4.81. The summed E-state index contributed by atoms with van der Waals surface area (Å²) in [6.07, 6.45) is 0. The summed E-state index contributed by atoms with van der Waals surface area (Å²) in [5.41, 5.74) is 2.02. The van der Waals surface area contributed by atoms with Crippen LogP contribution in [0.1, 0.15) is 15.9 Å². The van der Waals surface area contributed by atoms with E-state index < -0.39 is 5.97 Å². The summed E-state index contributed by atoms with van der Waals surface area (Å²) >= 11 is 1.44. The Labute approximate surface area is 142 Å². The number of para-hydroxylation sites is 1. The fourth-order valence-corrected chi connectivity index (χ4v) is 2.96. The molecule has 2 N–H and O–H groups in total. The third-order valence-corrected chi connectivity index (χ3v) is 4.29. The van der Waals surface area contributed by atoms with Crippen LogP contribution in [0.2, 0.25) is 0 Å². The second-order valence-electron chi connectivity index (χ2n) is 4.96. The largest absolute Gasteiger partial charge is 0.496 e. The fraction of sp³-hybridized carbons (Fsp3) is 0.118. The number of aromatic nitrogens is 3. The molecule has 0 aliphatic rings. The Hall–Kier alpha value is -2.80. The van der Waals surface area contributed by atoms with Crippen molar-refractivity contribution in [1.29, 1.82) is 0 Å². The zero-order valence-corrected chi connectivity index (χ0v) is 13.7. The molecule has 1 heterocycles. The molecule has 0 aliphatic carbocycles. The standard InChI is InChI=1S/C17H15N3O3S/c1-23-14-8-3-2-7-13(14)15-18-17(20-19-15)24-10-11-5-4-6-12(9-11)16(21)22/h2-9H,10H2,1H3,(H,21,22)(H,18,19,20). The zero-order valence-electron chi connectivity index (χ0n) is 12.9. The summed E-state index contributed by atoms with van der Waals surface area (Å²) in [5, 5.41) is 16.7. The SMILES string of the molecule is COc1ccccc1-c1nc(SCc2cccc(C(=O)O)c2)n[nH]1. The van der Waals surface area contributed by atoms with E-state index >= 15 is 0 Å². The molecule has 7 heteroatoms. The maximum atomic E-state index is 11.0. The molecular formula is C17H15N3O3S. The van der Waals surface area contributed by atoms with Crippen LogP contribution in [0.5, 0.6) is 5.75 Å². The van der Waals surface area contributed by atoms with Crippen molar-refractivity contribution in [2.45, 2.75) is 10.9 Å². The van der Waals surface area contributed by atoms with Crippen molar-refractivity contribution in [3.05, 3.63) is 59.7 Å². The summed E-state index contributed by atoms with van der Waals surface area (Å²) in [5.74, 6) is 1.01. The maximum absolute atomic E-state index is 11.0. The molecule has 24 heavy (non-hydrogen) atoms. The molecule has 3 rings (SSSR count). The normalized spacial score (nSPS) is 10.5.